The van der Waals surface area contributed by atoms with E-state index in [9.17, 15) is 4.79 Å². The number of carbonyl (C=O) groups is 1. The summed E-state index contributed by atoms with van der Waals surface area (Å²) in [4.78, 5) is 26.1. The van der Waals surface area contributed by atoms with E-state index in [0.29, 0.717) is 26.3 Å². The minimum atomic E-state index is 0.0709. The van der Waals surface area contributed by atoms with Crippen LogP contribution in [0.4, 0.5) is 5.82 Å². The zero-order chi connectivity index (χ0) is 20.1. The number of aromatic nitrogens is 2. The van der Waals surface area contributed by atoms with E-state index in [1.165, 1.54) is 0 Å². The molecule has 1 aromatic carbocycles. The van der Waals surface area contributed by atoms with Gasteiger partial charge in [-0.2, -0.15) is 0 Å². The van der Waals surface area contributed by atoms with Crippen molar-refractivity contribution in [2.24, 2.45) is 0 Å². The highest BCUT2D eigenvalue weighted by atomic mass is 32.2. The highest BCUT2D eigenvalue weighted by molar-refractivity contribution is 7.98. The first kappa shape index (κ1) is 20.1. The Morgan fingerprint density at radius 3 is 2.52 bits per heavy atom. The molecular formula is C21H26N4O3S. The van der Waals surface area contributed by atoms with E-state index in [1.54, 1.807) is 11.8 Å². The van der Waals surface area contributed by atoms with Crippen molar-refractivity contribution in [2.45, 2.75) is 17.8 Å². The topological polar surface area (TPSA) is 67.8 Å². The maximum atomic E-state index is 12.7. The Morgan fingerprint density at radius 1 is 1.03 bits per heavy atom. The Bertz CT molecular complexity index is 852. The second-order valence-electron chi connectivity index (χ2n) is 7.14. The second kappa shape index (κ2) is 9.56. The Labute approximate surface area is 175 Å². The Balaban J connectivity index is 1.42. The van der Waals surface area contributed by atoms with Gasteiger partial charge >= 0.3 is 0 Å². The van der Waals surface area contributed by atoms with E-state index in [-0.39, 0.29) is 5.91 Å². The number of morpholine rings is 2. The largest absolute Gasteiger partial charge is 0.378 e. The lowest BCUT2D eigenvalue weighted by Gasteiger charge is -2.28. The van der Waals surface area contributed by atoms with Gasteiger partial charge in [0.1, 0.15) is 5.82 Å². The molecule has 0 atom stereocenters. The average molecular weight is 415 g/mol. The molecular weight excluding hydrogens is 388 g/mol. The molecule has 0 N–H and O–H groups in total. The normalized spacial score (nSPS) is 17.4. The van der Waals surface area contributed by atoms with Gasteiger partial charge < -0.3 is 19.3 Å². The summed E-state index contributed by atoms with van der Waals surface area (Å²) in [6.07, 6.45) is 0. The van der Waals surface area contributed by atoms with Crippen LogP contribution in [-0.2, 0) is 15.2 Å². The number of benzene rings is 1. The predicted molar refractivity (Wildman–Crippen MR) is 113 cm³/mol. The summed E-state index contributed by atoms with van der Waals surface area (Å²) < 4.78 is 10.8. The third kappa shape index (κ3) is 5.26. The van der Waals surface area contributed by atoms with Crippen molar-refractivity contribution in [1.29, 1.82) is 0 Å². The standard InChI is InChI=1S/C21H26N4O3S/c1-16-13-19(24-5-9-27-10-6-24)23-21(22-16)29-15-17-3-2-4-18(14-17)20(26)25-7-11-28-12-8-25/h2-4,13-14H,5-12,15H2,1H3. The second-order valence-corrected chi connectivity index (χ2v) is 8.09. The quantitative estimate of drug-likeness (QED) is 0.550. The lowest BCUT2D eigenvalue weighted by atomic mass is 10.1. The summed E-state index contributed by atoms with van der Waals surface area (Å²) in [6.45, 7) is 7.69. The fraction of sp³-hybridized carbons (Fsp3) is 0.476. The van der Waals surface area contributed by atoms with Crippen LogP contribution >= 0.6 is 11.8 Å². The first-order valence-electron chi connectivity index (χ1n) is 9.96. The Morgan fingerprint density at radius 2 is 1.76 bits per heavy atom. The van der Waals surface area contributed by atoms with E-state index in [0.717, 1.165) is 59.9 Å². The Hall–Kier alpha value is -2.16. The molecule has 0 spiro atoms. The van der Waals surface area contributed by atoms with Gasteiger partial charge in [-0.3, -0.25) is 4.79 Å². The van der Waals surface area contributed by atoms with Gasteiger partial charge in [0, 0.05) is 49.3 Å². The molecule has 0 radical (unpaired) electrons. The van der Waals surface area contributed by atoms with Gasteiger partial charge in [0.15, 0.2) is 5.16 Å². The number of aryl methyl sites for hydroxylation is 1. The number of thioether (sulfide) groups is 1. The number of amides is 1. The number of anilines is 1. The molecule has 3 heterocycles. The molecule has 2 aliphatic heterocycles. The van der Waals surface area contributed by atoms with Gasteiger partial charge in [-0.15, -0.1) is 0 Å². The van der Waals surface area contributed by atoms with Gasteiger partial charge in [-0.25, -0.2) is 9.97 Å². The molecule has 8 heteroatoms. The van der Waals surface area contributed by atoms with Crippen molar-refractivity contribution >= 4 is 23.5 Å². The van der Waals surface area contributed by atoms with Crippen LogP contribution in [0.1, 0.15) is 21.6 Å². The van der Waals surface area contributed by atoms with Crippen LogP contribution < -0.4 is 4.90 Å². The zero-order valence-corrected chi connectivity index (χ0v) is 17.5. The van der Waals surface area contributed by atoms with E-state index in [1.807, 2.05) is 42.2 Å². The zero-order valence-electron chi connectivity index (χ0n) is 16.7. The highest BCUT2D eigenvalue weighted by Crippen LogP contribution is 2.24. The molecule has 1 aromatic heterocycles. The summed E-state index contributed by atoms with van der Waals surface area (Å²) in [5.74, 6) is 1.75. The molecule has 7 nitrogen and oxygen atoms in total. The van der Waals surface area contributed by atoms with Crippen molar-refractivity contribution in [1.82, 2.24) is 14.9 Å². The number of hydrogen-bond donors (Lipinski definition) is 0. The fourth-order valence-corrected chi connectivity index (χ4v) is 4.28. The molecule has 2 aromatic rings. The van der Waals surface area contributed by atoms with Crippen LogP contribution in [-0.4, -0.2) is 73.4 Å². The SMILES string of the molecule is Cc1cc(N2CCOCC2)nc(SCc2cccc(C(=O)N3CCOCC3)c2)n1. The van der Waals surface area contributed by atoms with Gasteiger partial charge in [0.05, 0.1) is 26.4 Å². The van der Waals surface area contributed by atoms with Crippen molar-refractivity contribution in [3.05, 3.63) is 47.2 Å². The lowest BCUT2D eigenvalue weighted by molar-refractivity contribution is 0.0303. The highest BCUT2D eigenvalue weighted by Gasteiger charge is 2.19. The molecule has 0 aliphatic carbocycles. The average Bonchev–Trinajstić information content (AvgIpc) is 2.78. The minimum absolute atomic E-state index is 0.0709. The van der Waals surface area contributed by atoms with Crippen LogP contribution in [0.5, 0.6) is 0 Å². The summed E-state index contributed by atoms with van der Waals surface area (Å²) in [7, 11) is 0. The molecule has 0 saturated carbocycles. The van der Waals surface area contributed by atoms with Crippen molar-refractivity contribution in [3.8, 4) is 0 Å². The van der Waals surface area contributed by atoms with E-state index >= 15 is 0 Å². The number of rotatable bonds is 5. The molecule has 154 valence electrons. The van der Waals surface area contributed by atoms with Gasteiger partial charge in [0.2, 0.25) is 0 Å². The molecule has 2 saturated heterocycles. The van der Waals surface area contributed by atoms with E-state index < -0.39 is 0 Å². The Kier molecular flexibility index (Phi) is 6.63. The molecule has 2 fully saturated rings. The predicted octanol–water partition coefficient (Wildman–Crippen LogP) is 2.39. The maximum Gasteiger partial charge on any atom is 0.254 e. The van der Waals surface area contributed by atoms with Gasteiger partial charge in [0.25, 0.3) is 5.91 Å². The van der Waals surface area contributed by atoms with E-state index in [2.05, 4.69) is 9.88 Å². The first-order valence-corrected chi connectivity index (χ1v) is 10.9. The summed E-state index contributed by atoms with van der Waals surface area (Å²) in [6, 6.07) is 9.87. The van der Waals surface area contributed by atoms with Crippen molar-refractivity contribution in [2.75, 3.05) is 57.5 Å². The number of carbonyl (C=O) groups excluding carboxylic acids is 1. The lowest BCUT2D eigenvalue weighted by Crippen LogP contribution is -2.40. The minimum Gasteiger partial charge on any atom is -0.378 e. The van der Waals surface area contributed by atoms with Crippen LogP contribution in [0.25, 0.3) is 0 Å². The monoisotopic (exact) mass is 414 g/mol. The third-order valence-electron chi connectivity index (χ3n) is 5.00. The molecule has 29 heavy (non-hydrogen) atoms. The number of hydrogen-bond acceptors (Lipinski definition) is 7. The molecule has 1 amide bonds. The molecule has 4 rings (SSSR count). The van der Waals surface area contributed by atoms with Gasteiger partial charge in [-0.05, 0) is 24.6 Å². The number of nitrogens with zero attached hydrogens (tertiary/aromatic N) is 4. The molecule has 0 unspecified atom stereocenters. The van der Waals surface area contributed by atoms with Gasteiger partial charge in [-0.1, -0.05) is 23.9 Å². The summed E-state index contributed by atoms with van der Waals surface area (Å²) in [5.41, 5.74) is 2.77. The number of ether oxygens (including phenoxy) is 2. The smallest absolute Gasteiger partial charge is 0.254 e. The fourth-order valence-electron chi connectivity index (χ4n) is 3.44. The third-order valence-corrected chi connectivity index (χ3v) is 5.91. The van der Waals surface area contributed by atoms with Crippen LogP contribution in [0, 0.1) is 6.92 Å². The van der Waals surface area contributed by atoms with Crippen LogP contribution in [0.3, 0.4) is 0 Å². The maximum absolute atomic E-state index is 12.7. The van der Waals surface area contributed by atoms with E-state index in [4.69, 9.17) is 14.5 Å². The van der Waals surface area contributed by atoms with Crippen LogP contribution in [0.15, 0.2) is 35.5 Å². The molecule has 0 bridgehead atoms. The first-order chi connectivity index (χ1) is 14.2. The van der Waals surface area contributed by atoms with Crippen LogP contribution in [0.2, 0.25) is 0 Å². The van der Waals surface area contributed by atoms with Crippen molar-refractivity contribution in [3.63, 3.8) is 0 Å². The molecule has 2 aliphatic rings. The van der Waals surface area contributed by atoms with Crippen molar-refractivity contribution < 1.29 is 14.3 Å². The summed E-state index contributed by atoms with van der Waals surface area (Å²) >= 11 is 1.60. The summed E-state index contributed by atoms with van der Waals surface area (Å²) in [5, 5.41) is 0.761.